The average molecular weight is 261 g/mol. The van der Waals surface area contributed by atoms with Gasteiger partial charge >= 0.3 is 5.97 Å². The summed E-state index contributed by atoms with van der Waals surface area (Å²) in [5.41, 5.74) is 0.379. The second kappa shape index (κ2) is 5.43. The molecule has 0 aliphatic heterocycles. The fraction of sp³-hybridized carbons (Fsp3) is 0.467. The van der Waals surface area contributed by atoms with Crippen LogP contribution in [-0.2, 0) is 0 Å². The van der Waals surface area contributed by atoms with Crippen molar-refractivity contribution in [3.05, 3.63) is 35.4 Å². The molecule has 2 rings (SSSR count). The van der Waals surface area contributed by atoms with Gasteiger partial charge in [0.05, 0.1) is 11.1 Å². The van der Waals surface area contributed by atoms with Gasteiger partial charge in [-0.15, -0.1) is 0 Å². The molecule has 1 aromatic rings. The molecule has 0 heterocycles. The Kier molecular flexibility index (Phi) is 3.88. The van der Waals surface area contributed by atoms with E-state index in [-0.39, 0.29) is 17.5 Å². The topological polar surface area (TPSA) is 57.6 Å². The third-order valence-electron chi connectivity index (χ3n) is 3.20. The number of carbonyl (C=O) groups excluding carboxylic acids is 1. The Balaban J connectivity index is 2.29. The van der Waals surface area contributed by atoms with E-state index in [1.165, 1.54) is 6.07 Å². The van der Waals surface area contributed by atoms with Crippen molar-refractivity contribution < 1.29 is 14.7 Å². The van der Waals surface area contributed by atoms with Crippen LogP contribution in [0.3, 0.4) is 0 Å². The number of carboxylic acid groups (broad SMARTS) is 1. The molecule has 1 saturated carbocycles. The summed E-state index contributed by atoms with van der Waals surface area (Å²) in [7, 11) is 0. The summed E-state index contributed by atoms with van der Waals surface area (Å²) in [5.74, 6) is -0.833. The Morgan fingerprint density at radius 1 is 1.26 bits per heavy atom. The number of hydrogen-bond acceptors (Lipinski definition) is 2. The molecular weight excluding hydrogens is 242 g/mol. The van der Waals surface area contributed by atoms with Crippen LogP contribution in [0.25, 0.3) is 0 Å². The van der Waals surface area contributed by atoms with E-state index in [0.717, 1.165) is 12.8 Å². The molecule has 0 unspecified atom stereocenters. The molecule has 1 aliphatic carbocycles. The Hall–Kier alpha value is -1.84. The van der Waals surface area contributed by atoms with E-state index in [1.807, 2.05) is 4.90 Å². The third kappa shape index (κ3) is 3.13. The van der Waals surface area contributed by atoms with Crippen LogP contribution in [0.2, 0.25) is 0 Å². The lowest BCUT2D eigenvalue weighted by atomic mass is 10.1. The van der Waals surface area contributed by atoms with Crippen molar-refractivity contribution >= 4 is 11.9 Å². The first-order chi connectivity index (χ1) is 9.00. The largest absolute Gasteiger partial charge is 0.478 e. The number of nitrogens with zero attached hydrogens (tertiary/aromatic N) is 1. The van der Waals surface area contributed by atoms with Gasteiger partial charge in [0.15, 0.2) is 0 Å². The molecule has 19 heavy (non-hydrogen) atoms. The van der Waals surface area contributed by atoms with Crippen LogP contribution < -0.4 is 0 Å². The molecule has 0 saturated heterocycles. The molecule has 4 nitrogen and oxygen atoms in total. The Morgan fingerprint density at radius 2 is 1.84 bits per heavy atom. The number of rotatable bonds is 5. The second-order valence-corrected chi connectivity index (χ2v) is 5.43. The number of benzene rings is 1. The second-order valence-electron chi connectivity index (χ2n) is 5.43. The van der Waals surface area contributed by atoms with E-state index < -0.39 is 5.97 Å². The maximum Gasteiger partial charge on any atom is 0.336 e. The molecule has 0 bridgehead atoms. The summed E-state index contributed by atoms with van der Waals surface area (Å²) in [6, 6.07) is 6.72. The van der Waals surface area contributed by atoms with Crippen molar-refractivity contribution in [3.8, 4) is 0 Å². The highest BCUT2D eigenvalue weighted by Gasteiger charge is 2.34. The van der Waals surface area contributed by atoms with Crippen molar-refractivity contribution in [1.82, 2.24) is 4.90 Å². The Labute approximate surface area is 113 Å². The third-order valence-corrected chi connectivity index (χ3v) is 3.20. The zero-order valence-corrected chi connectivity index (χ0v) is 11.3. The summed E-state index contributed by atoms with van der Waals surface area (Å²) in [4.78, 5) is 25.6. The van der Waals surface area contributed by atoms with Crippen molar-refractivity contribution in [3.63, 3.8) is 0 Å². The van der Waals surface area contributed by atoms with Gasteiger partial charge in [-0.25, -0.2) is 4.79 Å². The standard InChI is InChI=1S/C15H19NO3/c1-10(2)9-16(11-7-8-11)14(17)12-5-3-4-6-13(12)15(18)19/h3-6,10-11H,7-9H2,1-2H3,(H,18,19). The molecule has 1 amide bonds. The normalized spacial score (nSPS) is 14.5. The number of carboxylic acids is 1. The number of aromatic carboxylic acids is 1. The number of hydrogen-bond donors (Lipinski definition) is 1. The first-order valence-corrected chi connectivity index (χ1v) is 6.64. The van der Waals surface area contributed by atoms with E-state index >= 15 is 0 Å². The lowest BCUT2D eigenvalue weighted by molar-refractivity contribution is 0.0665. The zero-order valence-electron chi connectivity index (χ0n) is 11.3. The lowest BCUT2D eigenvalue weighted by Crippen LogP contribution is -2.36. The van der Waals surface area contributed by atoms with Crippen LogP contribution in [0.15, 0.2) is 24.3 Å². The maximum absolute atomic E-state index is 12.5. The van der Waals surface area contributed by atoms with Gasteiger partial charge in [0.2, 0.25) is 0 Å². The molecule has 0 aromatic heterocycles. The quantitative estimate of drug-likeness (QED) is 0.886. The predicted octanol–water partition coefficient (Wildman–Crippen LogP) is 2.65. The van der Waals surface area contributed by atoms with Gasteiger partial charge in [0, 0.05) is 12.6 Å². The first kappa shape index (κ1) is 13.6. The van der Waals surface area contributed by atoms with Crippen LogP contribution in [0.4, 0.5) is 0 Å². The average Bonchev–Trinajstić information content (AvgIpc) is 3.19. The first-order valence-electron chi connectivity index (χ1n) is 6.64. The highest BCUT2D eigenvalue weighted by atomic mass is 16.4. The Bertz CT molecular complexity index is 492. The molecule has 1 N–H and O–H groups in total. The smallest absolute Gasteiger partial charge is 0.336 e. The van der Waals surface area contributed by atoms with Crippen LogP contribution in [0.5, 0.6) is 0 Å². The highest BCUT2D eigenvalue weighted by Crippen LogP contribution is 2.29. The minimum atomic E-state index is -1.05. The summed E-state index contributed by atoms with van der Waals surface area (Å²) >= 11 is 0. The maximum atomic E-state index is 12.5. The Morgan fingerprint density at radius 3 is 2.32 bits per heavy atom. The van der Waals surface area contributed by atoms with Gasteiger partial charge in [-0.2, -0.15) is 0 Å². The lowest BCUT2D eigenvalue weighted by Gasteiger charge is -2.25. The van der Waals surface area contributed by atoms with Gasteiger partial charge in [-0.05, 0) is 30.9 Å². The predicted molar refractivity (Wildman–Crippen MR) is 72.3 cm³/mol. The van der Waals surface area contributed by atoms with Crippen LogP contribution in [0.1, 0.15) is 47.4 Å². The zero-order chi connectivity index (χ0) is 14.0. The highest BCUT2D eigenvalue weighted by molar-refractivity contribution is 6.04. The van der Waals surface area contributed by atoms with Crippen molar-refractivity contribution in [2.75, 3.05) is 6.54 Å². The monoisotopic (exact) mass is 261 g/mol. The van der Waals surface area contributed by atoms with Gasteiger partial charge in [0.1, 0.15) is 0 Å². The minimum absolute atomic E-state index is 0.0851. The summed E-state index contributed by atoms with van der Waals surface area (Å²) in [6.07, 6.45) is 2.04. The number of carbonyl (C=O) groups is 2. The molecule has 1 aromatic carbocycles. The van der Waals surface area contributed by atoms with Gasteiger partial charge in [-0.1, -0.05) is 26.0 Å². The van der Waals surface area contributed by atoms with Gasteiger partial charge in [-0.3, -0.25) is 4.79 Å². The van der Waals surface area contributed by atoms with Gasteiger partial charge in [0.25, 0.3) is 5.91 Å². The van der Waals surface area contributed by atoms with Crippen LogP contribution >= 0.6 is 0 Å². The molecule has 0 atom stereocenters. The summed E-state index contributed by atoms with van der Waals surface area (Å²) in [6.45, 7) is 4.80. The van der Waals surface area contributed by atoms with Gasteiger partial charge < -0.3 is 10.0 Å². The summed E-state index contributed by atoms with van der Waals surface area (Å²) < 4.78 is 0. The van der Waals surface area contributed by atoms with E-state index in [0.29, 0.717) is 18.0 Å². The molecule has 0 radical (unpaired) electrons. The minimum Gasteiger partial charge on any atom is -0.478 e. The fourth-order valence-electron chi connectivity index (χ4n) is 2.19. The molecule has 102 valence electrons. The number of amides is 1. The molecule has 4 heteroatoms. The van der Waals surface area contributed by atoms with Crippen LogP contribution in [-0.4, -0.2) is 34.5 Å². The van der Waals surface area contributed by atoms with Crippen molar-refractivity contribution in [2.24, 2.45) is 5.92 Å². The van der Waals surface area contributed by atoms with Crippen molar-refractivity contribution in [2.45, 2.75) is 32.7 Å². The fourth-order valence-corrected chi connectivity index (χ4v) is 2.19. The van der Waals surface area contributed by atoms with E-state index in [1.54, 1.807) is 18.2 Å². The van der Waals surface area contributed by atoms with E-state index in [9.17, 15) is 9.59 Å². The van der Waals surface area contributed by atoms with E-state index in [4.69, 9.17) is 5.11 Å². The SMILES string of the molecule is CC(C)CN(C(=O)c1ccccc1C(=O)O)C1CC1. The van der Waals surface area contributed by atoms with Crippen LogP contribution in [0, 0.1) is 5.92 Å². The van der Waals surface area contributed by atoms with Crippen molar-refractivity contribution in [1.29, 1.82) is 0 Å². The van der Waals surface area contributed by atoms with E-state index in [2.05, 4.69) is 13.8 Å². The molecule has 1 fully saturated rings. The summed E-state index contributed by atoms with van der Waals surface area (Å²) in [5, 5.41) is 9.16. The molecule has 1 aliphatic rings. The molecular formula is C15H19NO3. The molecule has 0 spiro atoms.